The van der Waals surface area contributed by atoms with Gasteiger partial charge in [0.25, 0.3) is 0 Å². The number of ether oxygens (including phenoxy) is 2. The molecule has 0 unspecified atom stereocenters. The summed E-state index contributed by atoms with van der Waals surface area (Å²) in [7, 11) is 1.35. The molecule has 0 saturated carbocycles. The van der Waals surface area contributed by atoms with Gasteiger partial charge in [-0.15, -0.1) is 0 Å². The van der Waals surface area contributed by atoms with Gasteiger partial charge < -0.3 is 13.9 Å². The highest BCUT2D eigenvalue weighted by Crippen LogP contribution is 2.30. The Balaban J connectivity index is 1.89. The SMILES string of the molecule is COC(=O)c1c(C)oc2ccc(OCc3cccc(Cl)c3)cc12. The van der Waals surface area contributed by atoms with E-state index in [1.165, 1.54) is 7.11 Å². The predicted octanol–water partition coefficient (Wildman–Crippen LogP) is 4.76. The summed E-state index contributed by atoms with van der Waals surface area (Å²) in [5, 5.41) is 1.35. The van der Waals surface area contributed by atoms with E-state index in [0.717, 1.165) is 5.56 Å². The molecule has 0 aliphatic heterocycles. The maximum absolute atomic E-state index is 11.9. The fraction of sp³-hybridized carbons (Fsp3) is 0.167. The Kier molecular flexibility index (Phi) is 4.26. The Morgan fingerprint density at radius 1 is 1.22 bits per heavy atom. The first kappa shape index (κ1) is 15.4. The van der Waals surface area contributed by atoms with E-state index in [-0.39, 0.29) is 0 Å². The second kappa shape index (κ2) is 6.34. The topological polar surface area (TPSA) is 48.7 Å². The summed E-state index contributed by atoms with van der Waals surface area (Å²) < 4.78 is 16.2. The van der Waals surface area contributed by atoms with Crippen LogP contribution in [0, 0.1) is 6.92 Å². The molecule has 5 heteroatoms. The third-order valence-corrected chi connectivity index (χ3v) is 3.75. The van der Waals surface area contributed by atoms with E-state index >= 15 is 0 Å². The number of methoxy groups -OCH3 is 1. The maximum atomic E-state index is 11.9. The number of rotatable bonds is 4. The first-order valence-electron chi connectivity index (χ1n) is 7.07. The molecule has 0 bridgehead atoms. The predicted molar refractivity (Wildman–Crippen MR) is 88.1 cm³/mol. The molecule has 0 radical (unpaired) electrons. The minimum absolute atomic E-state index is 0.385. The van der Waals surface area contributed by atoms with Crippen molar-refractivity contribution in [2.75, 3.05) is 7.11 Å². The number of halogens is 1. The average Bonchev–Trinajstić information content (AvgIpc) is 2.87. The van der Waals surface area contributed by atoms with Crippen molar-refractivity contribution < 1.29 is 18.7 Å². The molecule has 0 atom stereocenters. The highest BCUT2D eigenvalue weighted by Gasteiger charge is 2.19. The molecule has 1 aromatic heterocycles. The molecular weight excluding hydrogens is 316 g/mol. The zero-order valence-corrected chi connectivity index (χ0v) is 13.5. The number of hydrogen-bond donors (Lipinski definition) is 0. The molecule has 0 amide bonds. The molecule has 0 N–H and O–H groups in total. The third-order valence-electron chi connectivity index (χ3n) is 3.52. The van der Waals surface area contributed by atoms with Crippen molar-refractivity contribution in [1.29, 1.82) is 0 Å². The molecule has 0 saturated heterocycles. The molecule has 2 aromatic carbocycles. The molecule has 118 valence electrons. The van der Waals surface area contributed by atoms with Gasteiger partial charge >= 0.3 is 5.97 Å². The Morgan fingerprint density at radius 2 is 2.04 bits per heavy atom. The van der Waals surface area contributed by atoms with Crippen LogP contribution in [0.15, 0.2) is 46.9 Å². The zero-order valence-electron chi connectivity index (χ0n) is 12.8. The van der Waals surface area contributed by atoms with Gasteiger partial charge in [0.2, 0.25) is 0 Å². The van der Waals surface area contributed by atoms with Gasteiger partial charge in [0.1, 0.15) is 29.3 Å². The number of benzene rings is 2. The van der Waals surface area contributed by atoms with E-state index in [1.807, 2.05) is 24.3 Å². The standard InChI is InChI=1S/C18H15ClO4/c1-11-17(18(20)21-2)15-9-14(6-7-16(15)23-11)22-10-12-4-3-5-13(19)8-12/h3-9H,10H2,1-2H3. The van der Waals surface area contributed by atoms with Crippen LogP contribution >= 0.6 is 11.6 Å². The van der Waals surface area contributed by atoms with E-state index in [1.54, 1.807) is 25.1 Å². The lowest BCUT2D eigenvalue weighted by atomic mass is 10.1. The van der Waals surface area contributed by atoms with E-state index in [9.17, 15) is 4.79 Å². The van der Waals surface area contributed by atoms with E-state index < -0.39 is 5.97 Å². The van der Waals surface area contributed by atoms with Crippen LogP contribution < -0.4 is 4.74 Å². The number of hydrogen-bond acceptors (Lipinski definition) is 4. The monoisotopic (exact) mass is 330 g/mol. The van der Waals surface area contributed by atoms with Crippen molar-refractivity contribution in [3.63, 3.8) is 0 Å². The Labute approximate surface area is 138 Å². The maximum Gasteiger partial charge on any atom is 0.342 e. The number of carbonyl (C=O) groups excluding carboxylic acids is 1. The van der Waals surface area contributed by atoms with Crippen molar-refractivity contribution in [2.45, 2.75) is 13.5 Å². The average molecular weight is 331 g/mol. The summed E-state index contributed by atoms with van der Waals surface area (Å²) >= 11 is 5.96. The summed E-state index contributed by atoms with van der Waals surface area (Å²) in [4.78, 5) is 11.9. The molecule has 4 nitrogen and oxygen atoms in total. The molecule has 0 aliphatic carbocycles. The van der Waals surface area contributed by atoms with Crippen LogP contribution in [0.3, 0.4) is 0 Å². The van der Waals surface area contributed by atoms with Crippen LogP contribution in [0.1, 0.15) is 21.7 Å². The van der Waals surface area contributed by atoms with Crippen LogP contribution in [0.4, 0.5) is 0 Å². The summed E-state index contributed by atoms with van der Waals surface area (Å²) in [6.07, 6.45) is 0. The first-order valence-corrected chi connectivity index (χ1v) is 7.45. The van der Waals surface area contributed by atoms with Crippen molar-refractivity contribution in [3.8, 4) is 5.75 Å². The quantitative estimate of drug-likeness (QED) is 0.647. The van der Waals surface area contributed by atoms with Crippen LogP contribution in [0.2, 0.25) is 5.02 Å². The Hall–Kier alpha value is -2.46. The van der Waals surface area contributed by atoms with Crippen LogP contribution in [0.5, 0.6) is 5.75 Å². The molecule has 3 rings (SSSR count). The second-order valence-electron chi connectivity index (χ2n) is 5.10. The third kappa shape index (κ3) is 3.17. The normalized spacial score (nSPS) is 10.7. The van der Waals surface area contributed by atoms with Gasteiger partial charge in [0.05, 0.1) is 7.11 Å². The number of carbonyl (C=O) groups is 1. The largest absolute Gasteiger partial charge is 0.489 e. The lowest BCUT2D eigenvalue weighted by molar-refractivity contribution is 0.0601. The Bertz CT molecular complexity index is 867. The van der Waals surface area contributed by atoms with E-state index in [0.29, 0.717) is 39.7 Å². The van der Waals surface area contributed by atoms with Gasteiger partial charge in [-0.2, -0.15) is 0 Å². The molecule has 0 fully saturated rings. The van der Waals surface area contributed by atoms with Crippen molar-refractivity contribution in [3.05, 3.63) is 64.4 Å². The van der Waals surface area contributed by atoms with Crippen LogP contribution in [0.25, 0.3) is 11.0 Å². The molecule has 1 heterocycles. The number of furan rings is 1. The number of esters is 1. The molecule has 23 heavy (non-hydrogen) atoms. The lowest BCUT2D eigenvalue weighted by Crippen LogP contribution is -2.02. The van der Waals surface area contributed by atoms with E-state index in [2.05, 4.69) is 0 Å². The Morgan fingerprint density at radius 3 is 2.78 bits per heavy atom. The van der Waals surface area contributed by atoms with Gasteiger partial charge in [-0.05, 0) is 42.8 Å². The minimum atomic E-state index is -0.423. The first-order chi connectivity index (χ1) is 11.1. The summed E-state index contributed by atoms with van der Waals surface area (Å²) in [5.41, 5.74) is 2.02. The zero-order chi connectivity index (χ0) is 16.4. The lowest BCUT2D eigenvalue weighted by Gasteiger charge is -2.07. The smallest absolute Gasteiger partial charge is 0.342 e. The van der Waals surface area contributed by atoms with Gasteiger partial charge in [0.15, 0.2) is 0 Å². The summed E-state index contributed by atoms with van der Waals surface area (Å²) in [6.45, 7) is 2.12. The van der Waals surface area contributed by atoms with Gasteiger partial charge in [-0.3, -0.25) is 0 Å². The summed E-state index contributed by atoms with van der Waals surface area (Å²) in [5.74, 6) is 0.746. The van der Waals surface area contributed by atoms with Crippen molar-refractivity contribution >= 4 is 28.5 Å². The highest BCUT2D eigenvalue weighted by molar-refractivity contribution is 6.30. The molecule has 0 spiro atoms. The van der Waals surface area contributed by atoms with Crippen molar-refractivity contribution in [2.24, 2.45) is 0 Å². The van der Waals surface area contributed by atoms with Gasteiger partial charge in [-0.25, -0.2) is 4.79 Å². The number of fused-ring (bicyclic) bond motifs is 1. The van der Waals surface area contributed by atoms with Gasteiger partial charge in [-0.1, -0.05) is 23.7 Å². The molecular formula is C18H15ClO4. The van der Waals surface area contributed by atoms with Crippen LogP contribution in [-0.2, 0) is 11.3 Å². The summed E-state index contributed by atoms with van der Waals surface area (Å²) in [6, 6.07) is 12.8. The van der Waals surface area contributed by atoms with Crippen LogP contribution in [-0.4, -0.2) is 13.1 Å². The van der Waals surface area contributed by atoms with Gasteiger partial charge in [0, 0.05) is 10.4 Å². The van der Waals surface area contributed by atoms with Crippen molar-refractivity contribution in [1.82, 2.24) is 0 Å². The fourth-order valence-electron chi connectivity index (χ4n) is 2.44. The van der Waals surface area contributed by atoms with E-state index in [4.69, 9.17) is 25.5 Å². The second-order valence-corrected chi connectivity index (χ2v) is 5.54. The minimum Gasteiger partial charge on any atom is -0.489 e. The fourth-order valence-corrected chi connectivity index (χ4v) is 2.65. The highest BCUT2D eigenvalue weighted by atomic mass is 35.5. The molecule has 3 aromatic rings. The number of aryl methyl sites for hydroxylation is 1. The molecule has 0 aliphatic rings.